The normalized spacial score (nSPS) is 20.3. The Balaban J connectivity index is 1.50. The number of nitrogens with one attached hydrogen (secondary N) is 1. The summed E-state index contributed by atoms with van der Waals surface area (Å²) in [7, 11) is 0. The molecule has 9 heteroatoms. The molecule has 4 rings (SSSR count). The average Bonchev–Trinajstić information content (AvgIpc) is 3.52. The minimum Gasteiger partial charge on any atom is -0.467 e. The third-order valence-corrected chi connectivity index (χ3v) is 6.11. The second-order valence-corrected chi connectivity index (χ2v) is 9.84. The van der Waals surface area contributed by atoms with Crippen molar-refractivity contribution < 1.29 is 28.0 Å². The number of carbonyl (C=O) groups is 3. The van der Waals surface area contributed by atoms with Crippen LogP contribution in [0.3, 0.4) is 0 Å². The Hall–Kier alpha value is -3.07. The first-order chi connectivity index (χ1) is 15.7. The predicted molar refractivity (Wildman–Crippen MR) is 118 cm³/mol. The van der Waals surface area contributed by atoms with Crippen LogP contribution in [0.25, 0.3) is 0 Å². The summed E-state index contributed by atoms with van der Waals surface area (Å²) in [6.07, 6.45) is 4.27. The van der Waals surface area contributed by atoms with Crippen LogP contribution in [0.5, 0.6) is 0 Å². The van der Waals surface area contributed by atoms with Gasteiger partial charge in [0.05, 0.1) is 25.7 Å². The van der Waals surface area contributed by atoms with Gasteiger partial charge in [0, 0.05) is 32.4 Å². The van der Waals surface area contributed by atoms with Gasteiger partial charge in [0.2, 0.25) is 11.8 Å². The molecule has 33 heavy (non-hydrogen) atoms. The van der Waals surface area contributed by atoms with Gasteiger partial charge in [-0.2, -0.15) is 0 Å². The Labute approximate surface area is 193 Å². The summed E-state index contributed by atoms with van der Waals surface area (Å²) in [5.74, 6) is 0.132. The van der Waals surface area contributed by atoms with Crippen molar-refractivity contribution in [2.75, 3.05) is 19.7 Å². The lowest BCUT2D eigenvalue weighted by Crippen LogP contribution is -2.59. The maximum Gasteiger partial charge on any atom is 0.292 e. The van der Waals surface area contributed by atoms with Crippen LogP contribution in [-0.2, 0) is 20.9 Å². The molecule has 2 aliphatic rings. The zero-order valence-corrected chi connectivity index (χ0v) is 19.3. The van der Waals surface area contributed by atoms with Crippen molar-refractivity contribution in [3.8, 4) is 0 Å². The zero-order chi connectivity index (χ0) is 23.6. The predicted octanol–water partition coefficient (Wildman–Crippen LogP) is 2.78. The van der Waals surface area contributed by atoms with Crippen molar-refractivity contribution in [3.05, 3.63) is 48.3 Å². The fourth-order valence-corrected chi connectivity index (χ4v) is 4.46. The van der Waals surface area contributed by atoms with E-state index in [0.29, 0.717) is 38.1 Å². The lowest BCUT2D eigenvalue weighted by Gasteiger charge is -2.44. The van der Waals surface area contributed by atoms with E-state index in [0.717, 1.165) is 0 Å². The van der Waals surface area contributed by atoms with E-state index in [2.05, 4.69) is 5.32 Å². The minimum atomic E-state index is -0.963. The van der Waals surface area contributed by atoms with Crippen molar-refractivity contribution in [3.63, 3.8) is 0 Å². The number of hydrogen-bond donors (Lipinski definition) is 1. The Morgan fingerprint density at radius 3 is 2.39 bits per heavy atom. The Morgan fingerprint density at radius 2 is 1.79 bits per heavy atom. The smallest absolute Gasteiger partial charge is 0.292 e. The SMILES string of the molecule is CC(C)(C)CC(=O)N1CCC2(CC1)OCC(C(=O)NCc1ccco1)N2C(=O)c1ccco1. The van der Waals surface area contributed by atoms with E-state index in [1.807, 2.05) is 25.7 Å². The number of likely N-dealkylation sites (tertiary alicyclic amines) is 1. The molecular weight excluding hydrogens is 426 g/mol. The molecule has 1 atom stereocenters. The molecule has 0 aliphatic carbocycles. The summed E-state index contributed by atoms with van der Waals surface area (Å²) < 4.78 is 16.8. The highest BCUT2D eigenvalue weighted by molar-refractivity contribution is 5.96. The van der Waals surface area contributed by atoms with Gasteiger partial charge in [0.1, 0.15) is 17.5 Å². The van der Waals surface area contributed by atoms with Gasteiger partial charge >= 0.3 is 0 Å². The number of rotatable bonds is 5. The Morgan fingerprint density at radius 1 is 1.09 bits per heavy atom. The second-order valence-electron chi connectivity index (χ2n) is 9.84. The summed E-state index contributed by atoms with van der Waals surface area (Å²) in [6.45, 7) is 7.30. The van der Waals surface area contributed by atoms with Gasteiger partial charge in [-0.1, -0.05) is 20.8 Å². The molecule has 9 nitrogen and oxygen atoms in total. The number of carbonyl (C=O) groups excluding carboxylic acids is 3. The highest BCUT2D eigenvalue weighted by atomic mass is 16.5. The molecule has 2 saturated heterocycles. The van der Waals surface area contributed by atoms with E-state index in [4.69, 9.17) is 13.6 Å². The van der Waals surface area contributed by atoms with E-state index < -0.39 is 17.7 Å². The van der Waals surface area contributed by atoms with Crippen molar-refractivity contribution in [1.29, 1.82) is 0 Å². The summed E-state index contributed by atoms with van der Waals surface area (Å²) in [5.41, 5.74) is -1.07. The van der Waals surface area contributed by atoms with Crippen LogP contribution in [0, 0.1) is 5.41 Å². The summed E-state index contributed by atoms with van der Waals surface area (Å²) in [4.78, 5) is 42.5. The van der Waals surface area contributed by atoms with Gasteiger partial charge in [-0.15, -0.1) is 0 Å². The van der Waals surface area contributed by atoms with Crippen LogP contribution in [0.4, 0.5) is 0 Å². The molecule has 0 aromatic carbocycles. The third kappa shape index (κ3) is 4.98. The molecule has 0 saturated carbocycles. The van der Waals surface area contributed by atoms with Gasteiger partial charge in [-0.25, -0.2) is 0 Å². The number of hydrogen-bond acceptors (Lipinski definition) is 6. The molecule has 1 N–H and O–H groups in total. The van der Waals surface area contributed by atoms with Gasteiger partial charge in [-0.05, 0) is 29.7 Å². The summed E-state index contributed by atoms with van der Waals surface area (Å²) >= 11 is 0. The molecule has 3 amide bonds. The Kier molecular flexibility index (Phi) is 6.34. The number of piperidine rings is 1. The molecule has 178 valence electrons. The maximum atomic E-state index is 13.4. The van der Waals surface area contributed by atoms with E-state index >= 15 is 0 Å². The number of nitrogens with zero attached hydrogens (tertiary/aromatic N) is 2. The Bertz CT molecular complexity index is 969. The quantitative estimate of drug-likeness (QED) is 0.740. The monoisotopic (exact) mass is 457 g/mol. The van der Waals surface area contributed by atoms with Crippen LogP contribution in [-0.4, -0.2) is 59.0 Å². The first kappa shape index (κ1) is 23.1. The molecule has 0 bridgehead atoms. The largest absolute Gasteiger partial charge is 0.467 e. The fourth-order valence-electron chi connectivity index (χ4n) is 4.46. The van der Waals surface area contributed by atoms with E-state index in [9.17, 15) is 14.4 Å². The summed E-state index contributed by atoms with van der Waals surface area (Å²) in [6, 6.07) is 5.92. The van der Waals surface area contributed by atoms with Crippen LogP contribution in [0.2, 0.25) is 0 Å². The van der Waals surface area contributed by atoms with E-state index in [1.165, 1.54) is 17.4 Å². The van der Waals surface area contributed by atoms with Crippen LogP contribution >= 0.6 is 0 Å². The standard InChI is InChI=1S/C24H31N3O6/c1-23(2,3)14-20(28)26-10-8-24(9-11-26)27(22(30)19-7-5-13-32-19)18(16-33-24)21(29)25-15-17-6-4-12-31-17/h4-7,12-13,18H,8-11,14-16H2,1-3H3,(H,25,29). The van der Waals surface area contributed by atoms with Gasteiger partial charge < -0.3 is 23.8 Å². The van der Waals surface area contributed by atoms with Crippen LogP contribution < -0.4 is 5.32 Å². The minimum absolute atomic E-state index is 0.0758. The van der Waals surface area contributed by atoms with Crippen molar-refractivity contribution in [2.45, 2.75) is 58.3 Å². The van der Waals surface area contributed by atoms with E-state index in [1.54, 1.807) is 24.3 Å². The van der Waals surface area contributed by atoms with E-state index in [-0.39, 0.29) is 36.1 Å². The van der Waals surface area contributed by atoms with Crippen LogP contribution in [0.15, 0.2) is 45.6 Å². The molecule has 1 unspecified atom stereocenters. The number of amides is 3. The molecule has 1 spiro atoms. The van der Waals surface area contributed by atoms with Gasteiger partial charge in [0.15, 0.2) is 5.76 Å². The lowest BCUT2D eigenvalue weighted by atomic mass is 9.90. The number of ether oxygens (including phenoxy) is 1. The second kappa shape index (κ2) is 9.05. The third-order valence-electron chi connectivity index (χ3n) is 6.11. The first-order valence-electron chi connectivity index (χ1n) is 11.3. The highest BCUT2D eigenvalue weighted by Gasteiger charge is 2.54. The average molecular weight is 458 g/mol. The maximum absolute atomic E-state index is 13.4. The molecule has 2 aliphatic heterocycles. The fraction of sp³-hybridized carbons (Fsp3) is 0.542. The highest BCUT2D eigenvalue weighted by Crippen LogP contribution is 2.39. The lowest BCUT2D eigenvalue weighted by molar-refractivity contribution is -0.145. The van der Waals surface area contributed by atoms with Crippen molar-refractivity contribution in [2.24, 2.45) is 5.41 Å². The molecule has 2 fully saturated rings. The first-order valence-corrected chi connectivity index (χ1v) is 11.3. The van der Waals surface area contributed by atoms with Crippen molar-refractivity contribution in [1.82, 2.24) is 15.1 Å². The molecule has 0 radical (unpaired) electrons. The van der Waals surface area contributed by atoms with Crippen molar-refractivity contribution >= 4 is 17.7 Å². The molecule has 2 aromatic rings. The zero-order valence-electron chi connectivity index (χ0n) is 19.3. The van der Waals surface area contributed by atoms with Gasteiger partial charge in [0.25, 0.3) is 5.91 Å². The molecule has 2 aromatic heterocycles. The van der Waals surface area contributed by atoms with Crippen LogP contribution in [0.1, 0.15) is 56.3 Å². The summed E-state index contributed by atoms with van der Waals surface area (Å²) in [5, 5.41) is 2.83. The molecule has 4 heterocycles. The van der Waals surface area contributed by atoms with Gasteiger partial charge in [-0.3, -0.25) is 19.3 Å². The number of furan rings is 2. The molecular formula is C24H31N3O6. The topological polar surface area (TPSA) is 105 Å².